The summed E-state index contributed by atoms with van der Waals surface area (Å²) < 4.78 is 1.90. The lowest BCUT2D eigenvalue weighted by Gasteiger charge is -2.12. The fraction of sp³-hybridized carbons (Fsp3) is 0.438. The van der Waals surface area contributed by atoms with Crippen molar-refractivity contribution in [1.82, 2.24) is 19.7 Å². The highest BCUT2D eigenvalue weighted by Crippen LogP contribution is 2.38. The molecule has 3 aromatic rings. The summed E-state index contributed by atoms with van der Waals surface area (Å²) >= 11 is 1.84. The standard InChI is InChI=1S/C16H19N5S/c1-10-11(8-20-21(10)2)7-17-15-14-12-5-3-4-6-13(12)22-16(14)19-9-18-15/h8-9H,3-7H2,1-2H3,(H,17,18,19). The summed E-state index contributed by atoms with van der Waals surface area (Å²) in [6, 6.07) is 0. The molecule has 0 fully saturated rings. The summed E-state index contributed by atoms with van der Waals surface area (Å²) in [7, 11) is 1.97. The third-order valence-corrected chi connectivity index (χ3v) is 5.73. The van der Waals surface area contributed by atoms with E-state index in [-0.39, 0.29) is 0 Å². The van der Waals surface area contributed by atoms with Crippen molar-refractivity contribution < 1.29 is 0 Å². The predicted octanol–water partition coefficient (Wildman–Crippen LogP) is 3.22. The van der Waals surface area contributed by atoms with Crippen molar-refractivity contribution in [3.05, 3.63) is 34.2 Å². The summed E-state index contributed by atoms with van der Waals surface area (Å²) in [5.74, 6) is 0.965. The average molecular weight is 313 g/mol. The molecule has 0 amide bonds. The van der Waals surface area contributed by atoms with Gasteiger partial charge < -0.3 is 5.32 Å². The second-order valence-corrected chi connectivity index (χ2v) is 6.93. The van der Waals surface area contributed by atoms with Gasteiger partial charge in [0.15, 0.2) is 0 Å². The van der Waals surface area contributed by atoms with E-state index in [9.17, 15) is 0 Å². The SMILES string of the molecule is Cc1c(CNc2ncnc3sc4c(c23)CCCC4)cnn1C. The van der Waals surface area contributed by atoms with Crippen molar-refractivity contribution in [2.45, 2.75) is 39.2 Å². The highest BCUT2D eigenvalue weighted by Gasteiger charge is 2.19. The number of hydrogen-bond acceptors (Lipinski definition) is 5. The molecule has 0 atom stereocenters. The van der Waals surface area contributed by atoms with Gasteiger partial charge in [0.05, 0.1) is 11.6 Å². The second kappa shape index (κ2) is 5.35. The number of thiophene rings is 1. The van der Waals surface area contributed by atoms with Crippen LogP contribution in [0.25, 0.3) is 10.2 Å². The van der Waals surface area contributed by atoms with Crippen molar-refractivity contribution in [1.29, 1.82) is 0 Å². The first-order chi connectivity index (χ1) is 10.7. The Morgan fingerprint density at radius 3 is 2.95 bits per heavy atom. The minimum Gasteiger partial charge on any atom is -0.365 e. The monoisotopic (exact) mass is 313 g/mol. The highest BCUT2D eigenvalue weighted by atomic mass is 32.1. The number of fused-ring (bicyclic) bond motifs is 3. The zero-order valence-electron chi connectivity index (χ0n) is 12.9. The highest BCUT2D eigenvalue weighted by molar-refractivity contribution is 7.19. The van der Waals surface area contributed by atoms with Gasteiger partial charge >= 0.3 is 0 Å². The predicted molar refractivity (Wildman–Crippen MR) is 89.3 cm³/mol. The van der Waals surface area contributed by atoms with Gasteiger partial charge in [-0.3, -0.25) is 4.68 Å². The number of aryl methyl sites for hydroxylation is 3. The smallest absolute Gasteiger partial charge is 0.138 e. The van der Waals surface area contributed by atoms with Crippen LogP contribution in [0.15, 0.2) is 12.5 Å². The molecule has 3 aromatic heterocycles. The van der Waals surface area contributed by atoms with Crippen LogP contribution in [0.2, 0.25) is 0 Å². The molecule has 0 unspecified atom stereocenters. The van der Waals surface area contributed by atoms with E-state index >= 15 is 0 Å². The zero-order valence-corrected chi connectivity index (χ0v) is 13.7. The van der Waals surface area contributed by atoms with Gasteiger partial charge in [-0.1, -0.05) is 0 Å². The molecular weight excluding hydrogens is 294 g/mol. The number of aromatic nitrogens is 4. The van der Waals surface area contributed by atoms with E-state index in [1.54, 1.807) is 6.33 Å². The van der Waals surface area contributed by atoms with Crippen LogP contribution in [-0.2, 0) is 26.4 Å². The average Bonchev–Trinajstić information content (AvgIpc) is 3.07. The molecule has 0 saturated carbocycles. The van der Waals surface area contributed by atoms with E-state index in [1.165, 1.54) is 46.3 Å². The molecule has 3 heterocycles. The van der Waals surface area contributed by atoms with E-state index in [1.807, 2.05) is 29.3 Å². The van der Waals surface area contributed by atoms with Gasteiger partial charge in [0.1, 0.15) is 17.0 Å². The molecule has 5 nitrogen and oxygen atoms in total. The number of nitrogens with zero attached hydrogens (tertiary/aromatic N) is 4. The van der Waals surface area contributed by atoms with Crippen LogP contribution in [0.4, 0.5) is 5.82 Å². The lowest BCUT2D eigenvalue weighted by Crippen LogP contribution is -2.05. The van der Waals surface area contributed by atoms with Gasteiger partial charge in [-0.2, -0.15) is 5.10 Å². The Morgan fingerprint density at radius 1 is 1.27 bits per heavy atom. The maximum atomic E-state index is 4.50. The van der Waals surface area contributed by atoms with Crippen molar-refractivity contribution in [3.8, 4) is 0 Å². The van der Waals surface area contributed by atoms with Gasteiger partial charge in [-0.05, 0) is 38.2 Å². The van der Waals surface area contributed by atoms with E-state index in [0.717, 1.165) is 23.6 Å². The van der Waals surface area contributed by atoms with Crippen molar-refractivity contribution >= 4 is 27.4 Å². The maximum absolute atomic E-state index is 4.50. The number of anilines is 1. The topological polar surface area (TPSA) is 55.6 Å². The molecule has 0 bridgehead atoms. The Balaban J connectivity index is 1.69. The molecule has 1 aliphatic carbocycles. The molecule has 0 aliphatic heterocycles. The Hall–Kier alpha value is -1.95. The lowest BCUT2D eigenvalue weighted by atomic mass is 9.97. The fourth-order valence-corrected chi connectivity index (χ4v) is 4.35. The molecule has 114 valence electrons. The van der Waals surface area contributed by atoms with Gasteiger partial charge in [0.25, 0.3) is 0 Å². The Kier molecular flexibility index (Phi) is 3.33. The zero-order chi connectivity index (χ0) is 15.1. The molecule has 4 rings (SSSR count). The molecule has 1 N–H and O–H groups in total. The van der Waals surface area contributed by atoms with E-state index in [0.29, 0.717) is 0 Å². The normalized spacial score (nSPS) is 14.3. The quantitative estimate of drug-likeness (QED) is 0.806. The third-order valence-electron chi connectivity index (χ3n) is 4.53. The maximum Gasteiger partial charge on any atom is 0.138 e. The van der Waals surface area contributed by atoms with E-state index in [2.05, 4.69) is 27.3 Å². The molecule has 22 heavy (non-hydrogen) atoms. The molecular formula is C16H19N5S. The lowest BCUT2D eigenvalue weighted by molar-refractivity contribution is 0.700. The molecule has 0 spiro atoms. The first kappa shape index (κ1) is 13.7. The molecule has 1 aliphatic rings. The van der Waals surface area contributed by atoms with E-state index in [4.69, 9.17) is 0 Å². The van der Waals surface area contributed by atoms with Crippen molar-refractivity contribution in [2.75, 3.05) is 5.32 Å². The minimum absolute atomic E-state index is 0.746. The second-order valence-electron chi connectivity index (χ2n) is 5.85. The van der Waals surface area contributed by atoms with Crippen LogP contribution >= 0.6 is 11.3 Å². The number of rotatable bonds is 3. The van der Waals surface area contributed by atoms with Crippen LogP contribution in [0, 0.1) is 6.92 Å². The Labute approximate surface area is 133 Å². The van der Waals surface area contributed by atoms with Crippen LogP contribution in [0.5, 0.6) is 0 Å². The van der Waals surface area contributed by atoms with Crippen LogP contribution in [-0.4, -0.2) is 19.7 Å². The summed E-state index contributed by atoms with van der Waals surface area (Å²) in [5.41, 5.74) is 3.86. The van der Waals surface area contributed by atoms with Crippen molar-refractivity contribution in [2.24, 2.45) is 7.05 Å². The summed E-state index contributed by atoms with van der Waals surface area (Å²) in [6.07, 6.45) is 8.51. The molecule has 0 saturated heterocycles. The molecule has 6 heteroatoms. The van der Waals surface area contributed by atoms with Crippen molar-refractivity contribution in [3.63, 3.8) is 0 Å². The summed E-state index contributed by atoms with van der Waals surface area (Å²) in [5, 5.41) is 9.03. The minimum atomic E-state index is 0.746. The van der Waals surface area contributed by atoms with Gasteiger partial charge in [-0.25, -0.2) is 9.97 Å². The molecule has 0 radical (unpaired) electrons. The first-order valence-electron chi connectivity index (χ1n) is 7.70. The van der Waals surface area contributed by atoms with E-state index < -0.39 is 0 Å². The van der Waals surface area contributed by atoms with Crippen LogP contribution in [0.3, 0.4) is 0 Å². The van der Waals surface area contributed by atoms with Gasteiger partial charge in [-0.15, -0.1) is 11.3 Å². The third kappa shape index (κ3) is 2.18. The fourth-order valence-electron chi connectivity index (χ4n) is 3.12. The number of hydrogen-bond donors (Lipinski definition) is 1. The van der Waals surface area contributed by atoms with Gasteiger partial charge in [0.2, 0.25) is 0 Å². The summed E-state index contributed by atoms with van der Waals surface area (Å²) in [6.45, 7) is 2.84. The first-order valence-corrected chi connectivity index (χ1v) is 8.52. The largest absolute Gasteiger partial charge is 0.365 e. The van der Waals surface area contributed by atoms with Crippen LogP contribution in [0.1, 0.15) is 34.5 Å². The number of nitrogens with one attached hydrogen (secondary N) is 1. The Morgan fingerprint density at radius 2 is 2.14 bits per heavy atom. The van der Waals surface area contributed by atoms with Gasteiger partial charge in [0, 0.05) is 29.7 Å². The molecule has 0 aromatic carbocycles. The van der Waals surface area contributed by atoms with Crippen LogP contribution < -0.4 is 5.32 Å². The Bertz CT molecular complexity index is 833. The summed E-state index contributed by atoms with van der Waals surface area (Å²) in [4.78, 5) is 11.6.